The van der Waals surface area contributed by atoms with E-state index in [2.05, 4.69) is 19.2 Å². The van der Waals surface area contributed by atoms with Crippen LogP contribution in [0.5, 0.6) is 11.5 Å². The number of hydrogen-bond donors (Lipinski definition) is 2. The summed E-state index contributed by atoms with van der Waals surface area (Å²) < 4.78 is 5.65. The van der Waals surface area contributed by atoms with Gasteiger partial charge in [0.15, 0.2) is 0 Å². The number of aromatic hydroxyl groups is 1. The van der Waals surface area contributed by atoms with Crippen molar-refractivity contribution in [2.75, 3.05) is 18.5 Å². The van der Waals surface area contributed by atoms with Gasteiger partial charge in [-0.1, -0.05) is 13.8 Å². The Morgan fingerprint density at radius 1 is 1.43 bits per heavy atom. The second kappa shape index (κ2) is 3.08. The third-order valence-corrected chi connectivity index (χ3v) is 2.34. The molecule has 14 heavy (non-hydrogen) atoms. The third kappa shape index (κ3) is 1.76. The molecule has 0 atom stereocenters. The highest BCUT2D eigenvalue weighted by Crippen LogP contribution is 2.33. The topological polar surface area (TPSA) is 41.5 Å². The number of phenols is 1. The maximum Gasteiger partial charge on any atom is 0.142 e. The lowest BCUT2D eigenvalue weighted by Crippen LogP contribution is -2.27. The van der Waals surface area contributed by atoms with Crippen LogP contribution in [0.2, 0.25) is 0 Å². The second-order valence-corrected chi connectivity index (χ2v) is 4.49. The Kier molecular flexibility index (Phi) is 2.02. The van der Waals surface area contributed by atoms with E-state index in [1.54, 1.807) is 18.2 Å². The van der Waals surface area contributed by atoms with Crippen LogP contribution in [0.3, 0.4) is 0 Å². The number of hydrogen-bond acceptors (Lipinski definition) is 3. The lowest BCUT2D eigenvalue weighted by molar-refractivity contribution is 0.200. The Bertz CT molecular complexity index is 347. The fraction of sp³-hybridized carbons (Fsp3) is 0.455. The van der Waals surface area contributed by atoms with Gasteiger partial charge in [0, 0.05) is 18.0 Å². The number of anilines is 1. The molecule has 0 spiro atoms. The molecular formula is C11H15NO2. The molecule has 1 aromatic carbocycles. The summed E-state index contributed by atoms with van der Waals surface area (Å²) in [6, 6.07) is 5.12. The Morgan fingerprint density at radius 2 is 2.21 bits per heavy atom. The highest BCUT2D eigenvalue weighted by Gasteiger charge is 2.23. The van der Waals surface area contributed by atoms with Gasteiger partial charge in [0.05, 0.1) is 12.3 Å². The van der Waals surface area contributed by atoms with Crippen LogP contribution >= 0.6 is 0 Å². The molecule has 0 fully saturated rings. The second-order valence-electron chi connectivity index (χ2n) is 4.49. The van der Waals surface area contributed by atoms with E-state index in [-0.39, 0.29) is 11.2 Å². The molecule has 0 aromatic heterocycles. The van der Waals surface area contributed by atoms with Gasteiger partial charge < -0.3 is 15.2 Å². The summed E-state index contributed by atoms with van der Waals surface area (Å²) in [4.78, 5) is 0. The van der Waals surface area contributed by atoms with Crippen LogP contribution in [0.25, 0.3) is 0 Å². The molecule has 1 aliphatic rings. The van der Waals surface area contributed by atoms with Crippen molar-refractivity contribution in [1.29, 1.82) is 0 Å². The van der Waals surface area contributed by atoms with Gasteiger partial charge in [-0.25, -0.2) is 0 Å². The van der Waals surface area contributed by atoms with Crippen molar-refractivity contribution in [2.45, 2.75) is 13.8 Å². The lowest BCUT2D eigenvalue weighted by atomic mass is 9.95. The van der Waals surface area contributed by atoms with E-state index in [0.29, 0.717) is 6.61 Å². The minimum Gasteiger partial charge on any atom is -0.508 e. The predicted molar refractivity (Wildman–Crippen MR) is 55.9 cm³/mol. The normalized spacial score (nSPS) is 18.7. The standard InChI is InChI=1S/C11H15NO2/c1-11(2)6-12-9-5-8(13)3-4-10(9)14-7-11/h3-5,12-13H,6-7H2,1-2H3. The molecule has 2 rings (SSSR count). The fourth-order valence-electron chi connectivity index (χ4n) is 1.44. The van der Waals surface area contributed by atoms with E-state index in [1.807, 2.05) is 0 Å². The van der Waals surface area contributed by atoms with Crippen LogP contribution in [-0.4, -0.2) is 18.3 Å². The van der Waals surface area contributed by atoms with Gasteiger partial charge >= 0.3 is 0 Å². The maximum atomic E-state index is 9.31. The van der Waals surface area contributed by atoms with Crippen LogP contribution in [-0.2, 0) is 0 Å². The van der Waals surface area contributed by atoms with Gasteiger partial charge in [-0.15, -0.1) is 0 Å². The first-order chi connectivity index (χ1) is 6.57. The molecule has 0 amide bonds. The summed E-state index contributed by atoms with van der Waals surface area (Å²) in [7, 11) is 0. The highest BCUT2D eigenvalue weighted by atomic mass is 16.5. The zero-order chi connectivity index (χ0) is 10.2. The van der Waals surface area contributed by atoms with Crippen molar-refractivity contribution in [3.05, 3.63) is 18.2 Å². The van der Waals surface area contributed by atoms with Crippen LogP contribution in [0, 0.1) is 5.41 Å². The summed E-state index contributed by atoms with van der Waals surface area (Å²) in [6.45, 7) is 5.83. The summed E-state index contributed by atoms with van der Waals surface area (Å²) in [5.74, 6) is 1.08. The highest BCUT2D eigenvalue weighted by molar-refractivity contribution is 5.60. The van der Waals surface area contributed by atoms with Crippen molar-refractivity contribution >= 4 is 5.69 Å². The van der Waals surface area contributed by atoms with E-state index >= 15 is 0 Å². The van der Waals surface area contributed by atoms with E-state index < -0.39 is 0 Å². The fourth-order valence-corrected chi connectivity index (χ4v) is 1.44. The van der Waals surface area contributed by atoms with Gasteiger partial charge in [-0.3, -0.25) is 0 Å². The molecular weight excluding hydrogens is 178 g/mol. The first kappa shape index (κ1) is 9.19. The van der Waals surface area contributed by atoms with Crippen LogP contribution in [0.4, 0.5) is 5.69 Å². The average molecular weight is 193 g/mol. The monoisotopic (exact) mass is 193 g/mol. The zero-order valence-electron chi connectivity index (χ0n) is 8.50. The van der Waals surface area contributed by atoms with Crippen LogP contribution < -0.4 is 10.1 Å². The van der Waals surface area contributed by atoms with Crippen molar-refractivity contribution < 1.29 is 9.84 Å². The van der Waals surface area contributed by atoms with Gasteiger partial charge in [0.25, 0.3) is 0 Å². The molecule has 0 unspecified atom stereocenters. The van der Waals surface area contributed by atoms with E-state index in [4.69, 9.17) is 4.74 Å². The quantitative estimate of drug-likeness (QED) is 0.663. The smallest absolute Gasteiger partial charge is 0.142 e. The minimum atomic E-state index is 0.120. The molecule has 1 aliphatic heterocycles. The molecule has 0 saturated carbocycles. The Morgan fingerprint density at radius 3 is 3.00 bits per heavy atom. The number of benzene rings is 1. The summed E-state index contributed by atoms with van der Waals surface area (Å²) >= 11 is 0. The SMILES string of the molecule is CC1(C)CNc2cc(O)ccc2OC1. The van der Waals surface area contributed by atoms with Crippen molar-refractivity contribution in [2.24, 2.45) is 5.41 Å². The van der Waals surface area contributed by atoms with Gasteiger partial charge in [0.2, 0.25) is 0 Å². The number of phenolic OH excluding ortho intramolecular Hbond substituents is 1. The summed E-state index contributed by atoms with van der Waals surface area (Å²) in [6.07, 6.45) is 0. The number of rotatable bonds is 0. The molecule has 0 aliphatic carbocycles. The largest absolute Gasteiger partial charge is 0.508 e. The van der Waals surface area contributed by atoms with Crippen molar-refractivity contribution in [3.8, 4) is 11.5 Å². The molecule has 0 saturated heterocycles. The van der Waals surface area contributed by atoms with E-state index in [9.17, 15) is 5.11 Å². The van der Waals surface area contributed by atoms with Gasteiger partial charge in [0.1, 0.15) is 11.5 Å². The Hall–Kier alpha value is -1.38. The Balaban J connectivity index is 2.30. The van der Waals surface area contributed by atoms with Crippen molar-refractivity contribution in [1.82, 2.24) is 0 Å². The first-order valence-corrected chi connectivity index (χ1v) is 4.77. The lowest BCUT2D eigenvalue weighted by Gasteiger charge is -2.20. The Labute approximate surface area is 83.7 Å². The summed E-state index contributed by atoms with van der Waals surface area (Å²) in [5, 5.41) is 12.6. The van der Waals surface area contributed by atoms with Gasteiger partial charge in [-0.05, 0) is 12.1 Å². The molecule has 3 nitrogen and oxygen atoms in total. The number of ether oxygens (including phenoxy) is 1. The minimum absolute atomic E-state index is 0.120. The number of nitrogens with one attached hydrogen (secondary N) is 1. The molecule has 3 heteroatoms. The van der Waals surface area contributed by atoms with Gasteiger partial charge in [-0.2, -0.15) is 0 Å². The molecule has 0 bridgehead atoms. The third-order valence-electron chi connectivity index (χ3n) is 2.34. The summed E-state index contributed by atoms with van der Waals surface area (Å²) in [5.41, 5.74) is 0.991. The molecule has 1 heterocycles. The van der Waals surface area contributed by atoms with Crippen molar-refractivity contribution in [3.63, 3.8) is 0 Å². The first-order valence-electron chi connectivity index (χ1n) is 4.77. The molecule has 76 valence electrons. The average Bonchev–Trinajstić information content (AvgIpc) is 2.26. The number of fused-ring (bicyclic) bond motifs is 1. The van der Waals surface area contributed by atoms with E-state index in [1.165, 1.54) is 0 Å². The maximum absolute atomic E-state index is 9.31. The molecule has 2 N–H and O–H groups in total. The predicted octanol–water partition coefficient (Wildman–Crippen LogP) is 2.22. The zero-order valence-corrected chi connectivity index (χ0v) is 8.50. The van der Waals surface area contributed by atoms with Crippen LogP contribution in [0.1, 0.15) is 13.8 Å². The molecule has 0 radical (unpaired) electrons. The van der Waals surface area contributed by atoms with E-state index in [0.717, 1.165) is 18.0 Å². The molecule has 1 aromatic rings. The van der Waals surface area contributed by atoms with Crippen LogP contribution in [0.15, 0.2) is 18.2 Å².